The third kappa shape index (κ3) is 3.07. The van der Waals surface area contributed by atoms with Gasteiger partial charge in [-0.2, -0.15) is 0 Å². The second-order valence-electron chi connectivity index (χ2n) is 4.41. The first-order chi connectivity index (χ1) is 7.55. The van der Waals surface area contributed by atoms with E-state index in [0.717, 1.165) is 18.8 Å². The van der Waals surface area contributed by atoms with Crippen molar-refractivity contribution in [1.29, 1.82) is 0 Å². The number of anilines is 1. The highest BCUT2D eigenvalue weighted by Gasteiger charge is 2.30. The first-order valence-corrected chi connectivity index (χ1v) is 5.70. The highest BCUT2D eigenvalue weighted by molar-refractivity contribution is 6.29. The van der Waals surface area contributed by atoms with Gasteiger partial charge in [0, 0.05) is 18.4 Å². The van der Waals surface area contributed by atoms with Crippen molar-refractivity contribution in [3.63, 3.8) is 0 Å². The Bertz CT molecular complexity index is 370. The van der Waals surface area contributed by atoms with E-state index in [4.69, 9.17) is 16.3 Å². The molecule has 1 aromatic heterocycles. The van der Waals surface area contributed by atoms with Gasteiger partial charge >= 0.3 is 0 Å². The van der Waals surface area contributed by atoms with Crippen LogP contribution in [0.15, 0.2) is 18.3 Å². The van der Waals surface area contributed by atoms with Crippen LogP contribution in [0, 0.1) is 0 Å². The van der Waals surface area contributed by atoms with E-state index in [0.29, 0.717) is 11.2 Å². The highest BCUT2D eigenvalue weighted by atomic mass is 35.5. The zero-order chi connectivity index (χ0) is 11.6. The summed E-state index contributed by atoms with van der Waals surface area (Å²) < 4.78 is 5.58. The van der Waals surface area contributed by atoms with E-state index in [1.165, 1.54) is 0 Å². The number of ether oxygens (including phenoxy) is 1. The molecule has 0 saturated carbocycles. The number of aromatic nitrogens is 1. The molecule has 1 fully saturated rings. The average molecular weight is 242 g/mol. The summed E-state index contributed by atoms with van der Waals surface area (Å²) in [6.07, 6.45) is 1.69. The Morgan fingerprint density at radius 1 is 1.69 bits per heavy atom. The van der Waals surface area contributed by atoms with E-state index in [1.54, 1.807) is 6.20 Å². The molecule has 1 saturated heterocycles. The third-order valence-corrected chi connectivity index (χ3v) is 2.68. The lowest BCUT2D eigenvalue weighted by molar-refractivity contribution is 0.0231. The Morgan fingerprint density at radius 2 is 2.50 bits per heavy atom. The molecule has 5 heteroatoms. The van der Waals surface area contributed by atoms with Crippen LogP contribution < -0.4 is 10.6 Å². The molecule has 16 heavy (non-hydrogen) atoms. The molecule has 1 atom stereocenters. The molecule has 2 heterocycles. The summed E-state index contributed by atoms with van der Waals surface area (Å²) in [4.78, 5) is 3.93. The predicted octanol–water partition coefficient (Wildman–Crippen LogP) is 1.87. The summed E-state index contributed by atoms with van der Waals surface area (Å²) in [7, 11) is 0. The molecule has 1 aromatic rings. The zero-order valence-electron chi connectivity index (χ0n) is 9.46. The van der Waals surface area contributed by atoms with Crippen molar-refractivity contribution in [3.8, 4) is 0 Å². The summed E-state index contributed by atoms with van der Waals surface area (Å²) in [5, 5.41) is 7.18. The Balaban J connectivity index is 1.84. The second kappa shape index (κ2) is 4.57. The topological polar surface area (TPSA) is 46.2 Å². The van der Waals surface area contributed by atoms with Crippen molar-refractivity contribution in [2.45, 2.75) is 25.6 Å². The molecule has 2 rings (SSSR count). The summed E-state index contributed by atoms with van der Waals surface area (Å²) in [5.74, 6) is 0. The number of nitrogens with zero attached hydrogens (tertiary/aromatic N) is 1. The molecular weight excluding hydrogens is 226 g/mol. The molecule has 0 bridgehead atoms. The fraction of sp³-hybridized carbons (Fsp3) is 0.545. The van der Waals surface area contributed by atoms with Crippen LogP contribution in [0.1, 0.15) is 13.8 Å². The van der Waals surface area contributed by atoms with Crippen molar-refractivity contribution < 1.29 is 4.74 Å². The van der Waals surface area contributed by atoms with Crippen molar-refractivity contribution in [1.82, 2.24) is 10.3 Å². The van der Waals surface area contributed by atoms with Gasteiger partial charge < -0.3 is 10.1 Å². The molecule has 0 spiro atoms. The third-order valence-electron chi connectivity index (χ3n) is 2.48. The van der Waals surface area contributed by atoms with Crippen LogP contribution >= 0.6 is 11.6 Å². The first kappa shape index (κ1) is 11.6. The van der Waals surface area contributed by atoms with Gasteiger partial charge in [0.15, 0.2) is 0 Å². The molecular formula is C11H16ClN3O. The van der Waals surface area contributed by atoms with Crippen molar-refractivity contribution in [2.24, 2.45) is 0 Å². The number of rotatable bonds is 3. The summed E-state index contributed by atoms with van der Waals surface area (Å²) >= 11 is 5.79. The van der Waals surface area contributed by atoms with Gasteiger partial charge in [0.2, 0.25) is 0 Å². The number of halogens is 1. The van der Waals surface area contributed by atoms with Crippen LogP contribution in [0.3, 0.4) is 0 Å². The minimum atomic E-state index is -0.220. The number of nitrogens with one attached hydrogen (secondary N) is 2. The van der Waals surface area contributed by atoms with Gasteiger partial charge in [-0.25, -0.2) is 4.98 Å². The smallest absolute Gasteiger partial charge is 0.131 e. The molecule has 1 aliphatic rings. The van der Waals surface area contributed by atoms with Crippen LogP contribution in [0.5, 0.6) is 0 Å². The standard InChI is InChI=1S/C11H16ClN3O/c1-11(2)15-9(7-16-11)6-14-8-3-4-13-10(12)5-8/h3-5,9,15H,6-7H2,1-2H3,(H,13,14). The quantitative estimate of drug-likeness (QED) is 0.794. The van der Waals surface area contributed by atoms with Crippen LogP contribution in [-0.4, -0.2) is 29.9 Å². The van der Waals surface area contributed by atoms with Gasteiger partial charge in [0.05, 0.1) is 12.6 Å². The lowest BCUT2D eigenvalue weighted by Crippen LogP contribution is -2.41. The first-order valence-electron chi connectivity index (χ1n) is 5.32. The Morgan fingerprint density at radius 3 is 3.12 bits per heavy atom. The van der Waals surface area contributed by atoms with Gasteiger partial charge in [-0.05, 0) is 26.0 Å². The van der Waals surface area contributed by atoms with Gasteiger partial charge in [0.1, 0.15) is 10.9 Å². The van der Waals surface area contributed by atoms with E-state index < -0.39 is 0 Å². The molecule has 1 aliphatic heterocycles. The summed E-state index contributed by atoms with van der Waals surface area (Å²) in [5.41, 5.74) is 0.758. The maximum atomic E-state index is 5.79. The molecule has 1 unspecified atom stereocenters. The fourth-order valence-electron chi connectivity index (χ4n) is 1.75. The van der Waals surface area contributed by atoms with Gasteiger partial charge in [-0.3, -0.25) is 5.32 Å². The highest BCUT2D eigenvalue weighted by Crippen LogP contribution is 2.16. The number of pyridine rings is 1. The summed E-state index contributed by atoms with van der Waals surface area (Å²) in [6.45, 7) is 5.58. The van der Waals surface area contributed by atoms with Crippen LogP contribution in [0.4, 0.5) is 5.69 Å². The monoisotopic (exact) mass is 241 g/mol. The fourth-order valence-corrected chi connectivity index (χ4v) is 1.92. The SMILES string of the molecule is CC1(C)NC(CNc2ccnc(Cl)c2)CO1. The van der Waals surface area contributed by atoms with E-state index >= 15 is 0 Å². The Kier molecular flexibility index (Phi) is 3.33. The molecule has 0 radical (unpaired) electrons. The zero-order valence-corrected chi connectivity index (χ0v) is 10.2. The van der Waals surface area contributed by atoms with E-state index in [1.807, 2.05) is 26.0 Å². The molecule has 0 aliphatic carbocycles. The maximum Gasteiger partial charge on any atom is 0.131 e. The average Bonchev–Trinajstić information content (AvgIpc) is 2.56. The van der Waals surface area contributed by atoms with Crippen molar-refractivity contribution >= 4 is 17.3 Å². The second-order valence-corrected chi connectivity index (χ2v) is 4.80. The van der Waals surface area contributed by atoms with Gasteiger partial charge in [0.25, 0.3) is 0 Å². The number of hydrogen-bond acceptors (Lipinski definition) is 4. The summed E-state index contributed by atoms with van der Waals surface area (Å²) in [6, 6.07) is 4.02. The van der Waals surface area contributed by atoms with E-state index in [9.17, 15) is 0 Å². The van der Waals surface area contributed by atoms with Crippen LogP contribution in [-0.2, 0) is 4.74 Å². The van der Waals surface area contributed by atoms with Crippen molar-refractivity contribution in [2.75, 3.05) is 18.5 Å². The minimum absolute atomic E-state index is 0.220. The lowest BCUT2D eigenvalue weighted by Gasteiger charge is -2.18. The number of hydrogen-bond donors (Lipinski definition) is 2. The largest absolute Gasteiger partial charge is 0.383 e. The molecule has 88 valence electrons. The van der Waals surface area contributed by atoms with Gasteiger partial charge in [-0.15, -0.1) is 0 Å². The minimum Gasteiger partial charge on any atom is -0.383 e. The van der Waals surface area contributed by atoms with Crippen LogP contribution in [0.2, 0.25) is 5.15 Å². The van der Waals surface area contributed by atoms with Gasteiger partial charge in [-0.1, -0.05) is 11.6 Å². The molecule has 4 nitrogen and oxygen atoms in total. The molecule has 2 N–H and O–H groups in total. The maximum absolute atomic E-state index is 5.79. The lowest BCUT2D eigenvalue weighted by atomic mass is 10.2. The predicted molar refractivity (Wildman–Crippen MR) is 64.7 cm³/mol. The van der Waals surface area contributed by atoms with E-state index in [-0.39, 0.29) is 5.72 Å². The Hall–Kier alpha value is -0.840. The van der Waals surface area contributed by atoms with E-state index in [2.05, 4.69) is 15.6 Å². The molecule has 0 aromatic carbocycles. The normalized spacial score (nSPS) is 23.3. The molecule has 0 amide bonds. The van der Waals surface area contributed by atoms with Crippen molar-refractivity contribution in [3.05, 3.63) is 23.5 Å². The van der Waals surface area contributed by atoms with Crippen LogP contribution in [0.25, 0.3) is 0 Å². The Labute approximate surface area is 100 Å².